The Kier molecular flexibility index (Phi) is 6.40. The summed E-state index contributed by atoms with van der Waals surface area (Å²) in [6, 6.07) is 0. The van der Waals surface area contributed by atoms with Crippen LogP contribution in [0.4, 0.5) is 0 Å². The van der Waals surface area contributed by atoms with Crippen LogP contribution in [0.1, 0.15) is 26.7 Å². The number of carboxylic acid groups (broad SMARTS) is 1. The van der Waals surface area contributed by atoms with Gasteiger partial charge in [-0.1, -0.05) is 13.3 Å². The first-order valence-electron chi connectivity index (χ1n) is 4.16. The van der Waals surface area contributed by atoms with Gasteiger partial charge in [0.15, 0.2) is 0 Å². The van der Waals surface area contributed by atoms with Crippen LogP contribution in [0.2, 0.25) is 0 Å². The van der Waals surface area contributed by atoms with Gasteiger partial charge in [-0.2, -0.15) is 0 Å². The van der Waals surface area contributed by atoms with Gasteiger partial charge in [0.1, 0.15) is 0 Å². The highest BCUT2D eigenvalue weighted by molar-refractivity contribution is 8.00. The summed E-state index contributed by atoms with van der Waals surface area (Å²) in [7, 11) is 0. The fourth-order valence-corrected chi connectivity index (χ4v) is 1.85. The molecule has 0 heterocycles. The molecule has 0 aromatic heterocycles. The molecule has 13 heavy (non-hydrogen) atoms. The molecule has 0 aliphatic rings. The molecule has 0 aromatic rings. The largest absolute Gasteiger partial charge is 0.481 e. The first-order valence-corrected chi connectivity index (χ1v) is 5.21. The molecule has 1 unspecified atom stereocenters. The Morgan fingerprint density at radius 2 is 2.15 bits per heavy atom. The van der Waals surface area contributed by atoms with Crippen LogP contribution in [0.3, 0.4) is 0 Å². The van der Waals surface area contributed by atoms with E-state index < -0.39 is 5.97 Å². The van der Waals surface area contributed by atoms with Crippen LogP contribution in [-0.2, 0) is 9.59 Å². The number of rotatable bonds is 6. The summed E-state index contributed by atoms with van der Waals surface area (Å²) in [5.41, 5.74) is 0. The molecule has 76 valence electrons. The van der Waals surface area contributed by atoms with Gasteiger partial charge in [0.2, 0.25) is 5.91 Å². The van der Waals surface area contributed by atoms with Gasteiger partial charge >= 0.3 is 5.97 Å². The molecule has 4 nitrogen and oxygen atoms in total. The fraction of sp³-hybridized carbons (Fsp3) is 0.750. The number of carboxylic acids is 1. The predicted molar refractivity (Wildman–Crippen MR) is 52.6 cm³/mol. The zero-order chi connectivity index (χ0) is 10.3. The summed E-state index contributed by atoms with van der Waals surface area (Å²) in [5.74, 6) is -0.932. The second-order valence-electron chi connectivity index (χ2n) is 2.68. The van der Waals surface area contributed by atoms with Crippen molar-refractivity contribution in [3.63, 3.8) is 0 Å². The SMILES string of the molecule is CCCC(NC(C)=O)SCC(=O)O. The molecule has 0 spiro atoms. The number of nitrogens with one attached hydrogen (secondary N) is 1. The van der Waals surface area contributed by atoms with Crippen molar-refractivity contribution in [2.45, 2.75) is 32.1 Å². The molecule has 0 rings (SSSR count). The standard InChI is InChI=1S/C8H15NO3S/c1-3-4-7(9-6(2)10)13-5-8(11)12/h7H,3-5H2,1-2H3,(H,9,10)(H,11,12). The van der Waals surface area contributed by atoms with E-state index >= 15 is 0 Å². The molecule has 0 aromatic carbocycles. The molecule has 1 atom stereocenters. The van der Waals surface area contributed by atoms with E-state index in [1.54, 1.807) is 0 Å². The van der Waals surface area contributed by atoms with Crippen LogP contribution in [0.25, 0.3) is 0 Å². The molecule has 0 aliphatic carbocycles. The van der Waals surface area contributed by atoms with E-state index in [4.69, 9.17) is 5.11 Å². The minimum atomic E-state index is -0.851. The van der Waals surface area contributed by atoms with E-state index in [0.29, 0.717) is 0 Å². The Labute approximate surface area is 82.1 Å². The highest BCUT2D eigenvalue weighted by Gasteiger charge is 2.10. The van der Waals surface area contributed by atoms with E-state index in [1.165, 1.54) is 18.7 Å². The zero-order valence-corrected chi connectivity index (χ0v) is 8.69. The number of hydrogen-bond acceptors (Lipinski definition) is 3. The van der Waals surface area contributed by atoms with Crippen LogP contribution in [0.5, 0.6) is 0 Å². The average Bonchev–Trinajstić information content (AvgIpc) is 1.99. The number of carbonyl (C=O) groups is 2. The summed E-state index contributed by atoms with van der Waals surface area (Å²) in [4.78, 5) is 21.0. The molecule has 0 aliphatic heterocycles. The van der Waals surface area contributed by atoms with Crippen molar-refractivity contribution in [2.75, 3.05) is 5.75 Å². The lowest BCUT2D eigenvalue weighted by Crippen LogP contribution is -2.31. The summed E-state index contributed by atoms with van der Waals surface area (Å²) in [6.45, 7) is 3.43. The zero-order valence-electron chi connectivity index (χ0n) is 7.87. The predicted octanol–water partition coefficient (Wildman–Crippen LogP) is 1.07. The third kappa shape index (κ3) is 7.64. The third-order valence-electron chi connectivity index (χ3n) is 1.32. The Morgan fingerprint density at radius 3 is 2.54 bits per heavy atom. The minimum Gasteiger partial charge on any atom is -0.481 e. The summed E-state index contributed by atoms with van der Waals surface area (Å²) >= 11 is 1.25. The number of thioether (sulfide) groups is 1. The molecule has 0 fully saturated rings. The number of hydrogen-bond donors (Lipinski definition) is 2. The molecular weight excluding hydrogens is 190 g/mol. The molecule has 0 bridgehead atoms. The van der Waals surface area contributed by atoms with Crippen LogP contribution in [-0.4, -0.2) is 28.1 Å². The minimum absolute atomic E-state index is 0.0327. The number of carbonyl (C=O) groups excluding carboxylic acids is 1. The first kappa shape index (κ1) is 12.3. The van der Waals surface area contributed by atoms with Crippen molar-refractivity contribution >= 4 is 23.6 Å². The first-order chi connectivity index (χ1) is 6.06. The maximum Gasteiger partial charge on any atom is 0.313 e. The lowest BCUT2D eigenvalue weighted by molar-refractivity contribution is -0.134. The van der Waals surface area contributed by atoms with E-state index in [1.807, 2.05) is 6.92 Å². The monoisotopic (exact) mass is 205 g/mol. The van der Waals surface area contributed by atoms with Crippen molar-refractivity contribution in [1.82, 2.24) is 5.32 Å². The van der Waals surface area contributed by atoms with Gasteiger partial charge < -0.3 is 10.4 Å². The molecule has 1 amide bonds. The highest BCUT2D eigenvalue weighted by atomic mass is 32.2. The Balaban J connectivity index is 3.79. The van der Waals surface area contributed by atoms with Crippen LogP contribution in [0.15, 0.2) is 0 Å². The summed E-state index contributed by atoms with van der Waals surface area (Å²) in [6.07, 6.45) is 1.73. The lowest BCUT2D eigenvalue weighted by Gasteiger charge is -2.14. The topological polar surface area (TPSA) is 66.4 Å². The van der Waals surface area contributed by atoms with E-state index in [-0.39, 0.29) is 17.0 Å². The summed E-state index contributed by atoms with van der Waals surface area (Å²) in [5, 5.41) is 11.1. The fourth-order valence-electron chi connectivity index (χ4n) is 0.858. The second kappa shape index (κ2) is 6.77. The molecule has 0 radical (unpaired) electrons. The number of amides is 1. The lowest BCUT2D eigenvalue weighted by atomic mass is 10.3. The summed E-state index contributed by atoms with van der Waals surface area (Å²) < 4.78 is 0. The van der Waals surface area contributed by atoms with Crippen LogP contribution >= 0.6 is 11.8 Å². The highest BCUT2D eigenvalue weighted by Crippen LogP contribution is 2.13. The maximum absolute atomic E-state index is 10.7. The van der Waals surface area contributed by atoms with Gasteiger partial charge in [0.25, 0.3) is 0 Å². The van der Waals surface area contributed by atoms with Crippen molar-refractivity contribution in [2.24, 2.45) is 0 Å². The Bertz CT molecular complexity index is 184. The van der Waals surface area contributed by atoms with Gasteiger partial charge in [-0.3, -0.25) is 9.59 Å². The van der Waals surface area contributed by atoms with Crippen molar-refractivity contribution in [1.29, 1.82) is 0 Å². The second-order valence-corrected chi connectivity index (χ2v) is 3.87. The van der Waals surface area contributed by atoms with Crippen molar-refractivity contribution in [3.05, 3.63) is 0 Å². The van der Waals surface area contributed by atoms with Gasteiger partial charge in [0, 0.05) is 6.92 Å². The Hall–Kier alpha value is -0.710. The van der Waals surface area contributed by atoms with Gasteiger partial charge in [0.05, 0.1) is 11.1 Å². The average molecular weight is 205 g/mol. The quantitative estimate of drug-likeness (QED) is 0.636. The maximum atomic E-state index is 10.7. The smallest absolute Gasteiger partial charge is 0.313 e. The van der Waals surface area contributed by atoms with Gasteiger partial charge in [-0.15, -0.1) is 11.8 Å². The van der Waals surface area contributed by atoms with Gasteiger partial charge in [-0.05, 0) is 6.42 Å². The van der Waals surface area contributed by atoms with E-state index in [0.717, 1.165) is 12.8 Å². The normalized spacial score (nSPS) is 12.2. The van der Waals surface area contributed by atoms with Crippen molar-refractivity contribution < 1.29 is 14.7 Å². The van der Waals surface area contributed by atoms with Gasteiger partial charge in [-0.25, -0.2) is 0 Å². The van der Waals surface area contributed by atoms with E-state index in [2.05, 4.69) is 5.32 Å². The van der Waals surface area contributed by atoms with Crippen molar-refractivity contribution in [3.8, 4) is 0 Å². The molecule has 0 saturated heterocycles. The Morgan fingerprint density at radius 1 is 1.54 bits per heavy atom. The number of aliphatic carboxylic acids is 1. The van der Waals surface area contributed by atoms with E-state index in [9.17, 15) is 9.59 Å². The molecule has 0 saturated carbocycles. The molecule has 2 N–H and O–H groups in total. The third-order valence-corrected chi connectivity index (χ3v) is 2.49. The van der Waals surface area contributed by atoms with Crippen LogP contribution in [0, 0.1) is 0 Å². The molecule has 5 heteroatoms. The van der Waals surface area contributed by atoms with Crippen LogP contribution < -0.4 is 5.32 Å². The molecular formula is C8H15NO3S.